The Morgan fingerprint density at radius 3 is 2.09 bits per heavy atom. The summed E-state index contributed by atoms with van der Waals surface area (Å²) in [5, 5.41) is 5.48. The first-order valence-electron chi connectivity index (χ1n) is 15.8. The van der Waals surface area contributed by atoms with Gasteiger partial charge in [0.15, 0.2) is 5.82 Å². The fourth-order valence-electron chi connectivity index (χ4n) is 5.37. The molecule has 246 valence electrons. The first kappa shape index (κ1) is 33.5. The van der Waals surface area contributed by atoms with E-state index in [1.54, 1.807) is 30.9 Å². The Balaban J connectivity index is 1.27. The summed E-state index contributed by atoms with van der Waals surface area (Å²) in [6.45, 7) is 6.91. The first-order valence-corrected chi connectivity index (χ1v) is 15.8. The van der Waals surface area contributed by atoms with Crippen molar-refractivity contribution in [3.63, 3.8) is 0 Å². The average Bonchev–Trinajstić information content (AvgIpc) is 3.53. The average molecular weight is 638 g/mol. The van der Waals surface area contributed by atoms with Crippen molar-refractivity contribution in [1.82, 2.24) is 24.7 Å². The second-order valence-corrected chi connectivity index (χ2v) is 12.3. The lowest BCUT2D eigenvalue weighted by molar-refractivity contribution is -0.135. The summed E-state index contributed by atoms with van der Waals surface area (Å²) in [5.74, 6) is -0.815. The summed E-state index contributed by atoms with van der Waals surface area (Å²) >= 11 is 0. The number of ether oxygens (including phenoxy) is 1. The Morgan fingerprint density at radius 1 is 0.872 bits per heavy atom. The molecule has 11 nitrogen and oxygen atoms in total. The molecular formula is C36H43N7O4. The molecule has 0 spiro atoms. The summed E-state index contributed by atoms with van der Waals surface area (Å²) in [7, 11) is 0. The number of rotatable bonds is 13. The molecule has 4 N–H and O–H groups in total. The van der Waals surface area contributed by atoms with Gasteiger partial charge >= 0.3 is 0 Å². The van der Waals surface area contributed by atoms with Crippen molar-refractivity contribution in [2.45, 2.75) is 44.6 Å². The molecule has 1 aliphatic rings. The van der Waals surface area contributed by atoms with Crippen LogP contribution in [0.15, 0.2) is 104 Å². The predicted molar refractivity (Wildman–Crippen MR) is 180 cm³/mol. The van der Waals surface area contributed by atoms with Gasteiger partial charge in [-0.05, 0) is 30.5 Å². The Kier molecular flexibility index (Phi) is 11.2. The van der Waals surface area contributed by atoms with Gasteiger partial charge < -0.3 is 30.6 Å². The van der Waals surface area contributed by atoms with Crippen LogP contribution in [-0.4, -0.2) is 81.4 Å². The number of amides is 3. The fourth-order valence-corrected chi connectivity index (χ4v) is 5.37. The molecule has 0 radical (unpaired) electrons. The van der Waals surface area contributed by atoms with Crippen molar-refractivity contribution in [2.24, 2.45) is 5.73 Å². The molecule has 1 aliphatic heterocycles. The highest BCUT2D eigenvalue weighted by atomic mass is 16.5. The smallest absolute Gasteiger partial charge is 0.250 e. The summed E-state index contributed by atoms with van der Waals surface area (Å²) in [6, 6.07) is 27.7. The predicted octanol–water partition coefficient (Wildman–Crippen LogP) is 3.19. The highest BCUT2D eigenvalue weighted by Crippen LogP contribution is 2.24. The Hall–Kier alpha value is -4.84. The second-order valence-electron chi connectivity index (χ2n) is 12.3. The number of carbonyl (C=O) groups is 3. The Labute approximate surface area is 275 Å². The number of nitrogens with two attached hydrogens (primary N) is 1. The van der Waals surface area contributed by atoms with Crippen LogP contribution >= 0.6 is 0 Å². The highest BCUT2D eigenvalue weighted by molar-refractivity contribution is 5.98. The van der Waals surface area contributed by atoms with Crippen molar-refractivity contribution in [3.05, 3.63) is 120 Å². The van der Waals surface area contributed by atoms with Crippen molar-refractivity contribution in [2.75, 3.05) is 38.1 Å². The zero-order valence-electron chi connectivity index (χ0n) is 26.9. The highest BCUT2D eigenvalue weighted by Gasteiger charge is 2.31. The van der Waals surface area contributed by atoms with Gasteiger partial charge in [-0.15, -0.1) is 0 Å². The normalized spacial score (nSPS) is 15.1. The summed E-state index contributed by atoms with van der Waals surface area (Å²) in [5.41, 5.74) is 7.78. The van der Waals surface area contributed by atoms with Gasteiger partial charge in [-0.1, -0.05) is 91.0 Å². The van der Waals surface area contributed by atoms with Gasteiger partial charge in [0.2, 0.25) is 11.8 Å². The van der Waals surface area contributed by atoms with E-state index in [-0.39, 0.29) is 24.9 Å². The van der Waals surface area contributed by atoms with E-state index in [9.17, 15) is 14.4 Å². The van der Waals surface area contributed by atoms with Crippen LogP contribution in [0.25, 0.3) is 0 Å². The summed E-state index contributed by atoms with van der Waals surface area (Å²) < 4.78 is 7.51. The molecule has 2 atom stereocenters. The number of benzene rings is 3. The number of hydrogen-bond acceptors (Lipinski definition) is 7. The zero-order chi connectivity index (χ0) is 33.2. The van der Waals surface area contributed by atoms with Gasteiger partial charge in [0.25, 0.3) is 5.91 Å². The third-order valence-electron chi connectivity index (χ3n) is 8.04. The first-order chi connectivity index (χ1) is 22.7. The molecule has 0 aliphatic carbocycles. The second kappa shape index (κ2) is 15.6. The van der Waals surface area contributed by atoms with E-state index < -0.39 is 29.4 Å². The Morgan fingerprint density at radius 2 is 1.47 bits per heavy atom. The number of aromatic nitrogens is 2. The third-order valence-corrected chi connectivity index (χ3v) is 8.04. The number of carbonyl (C=O) groups excluding carboxylic acids is 3. The number of piperazine rings is 1. The van der Waals surface area contributed by atoms with Gasteiger partial charge in [-0.3, -0.25) is 19.3 Å². The maximum absolute atomic E-state index is 14.0. The quantitative estimate of drug-likeness (QED) is 0.205. The SMILES string of the molecule is CC(C)(N)C(=O)N[C@H](COCc1ccccc1)C(=O)Nc1cn(C(C(=O)N2CCN(Cc3ccccc3)CC2)c2ccccc2)cn1. The molecule has 3 aromatic carbocycles. The fraction of sp³-hybridized carbons (Fsp3) is 0.333. The molecule has 11 heteroatoms. The molecule has 1 fully saturated rings. The van der Waals surface area contributed by atoms with Crippen LogP contribution in [0.4, 0.5) is 5.82 Å². The van der Waals surface area contributed by atoms with Crippen molar-refractivity contribution in [3.8, 4) is 0 Å². The number of anilines is 1. The number of hydrogen-bond donors (Lipinski definition) is 3. The number of nitrogens with one attached hydrogen (secondary N) is 2. The maximum atomic E-state index is 14.0. The van der Waals surface area contributed by atoms with E-state index in [4.69, 9.17) is 10.5 Å². The minimum Gasteiger partial charge on any atom is -0.374 e. The van der Waals surface area contributed by atoms with Crippen molar-refractivity contribution >= 4 is 23.5 Å². The van der Waals surface area contributed by atoms with Gasteiger partial charge in [0.05, 0.1) is 25.1 Å². The molecule has 47 heavy (non-hydrogen) atoms. The Bertz CT molecular complexity index is 1600. The number of imidazole rings is 1. The van der Waals surface area contributed by atoms with Crippen LogP contribution in [-0.2, 0) is 32.3 Å². The molecule has 4 aromatic rings. The van der Waals surface area contributed by atoms with E-state index in [1.165, 1.54) is 5.56 Å². The zero-order valence-corrected chi connectivity index (χ0v) is 26.9. The molecular weight excluding hydrogens is 594 g/mol. The van der Waals surface area contributed by atoms with E-state index in [2.05, 4.69) is 32.7 Å². The van der Waals surface area contributed by atoms with E-state index in [0.29, 0.717) is 13.1 Å². The van der Waals surface area contributed by atoms with Crippen LogP contribution in [0.1, 0.15) is 36.6 Å². The minimum absolute atomic E-state index is 0.0459. The lowest BCUT2D eigenvalue weighted by Gasteiger charge is -2.36. The molecule has 2 heterocycles. The third kappa shape index (κ3) is 9.35. The van der Waals surface area contributed by atoms with Crippen LogP contribution in [0.5, 0.6) is 0 Å². The van der Waals surface area contributed by atoms with Gasteiger partial charge in [0, 0.05) is 38.9 Å². The van der Waals surface area contributed by atoms with Gasteiger partial charge in [0.1, 0.15) is 12.1 Å². The lowest BCUT2D eigenvalue weighted by atomic mass is 10.0. The molecule has 5 rings (SSSR count). The molecule has 1 aromatic heterocycles. The molecule has 3 amide bonds. The van der Waals surface area contributed by atoms with E-state index in [0.717, 1.165) is 30.8 Å². The van der Waals surface area contributed by atoms with Crippen LogP contribution in [0.2, 0.25) is 0 Å². The molecule has 1 saturated heterocycles. The van der Waals surface area contributed by atoms with Crippen LogP contribution in [0.3, 0.4) is 0 Å². The largest absolute Gasteiger partial charge is 0.374 e. The topological polar surface area (TPSA) is 135 Å². The van der Waals surface area contributed by atoms with Gasteiger partial charge in [-0.2, -0.15) is 0 Å². The molecule has 0 bridgehead atoms. The van der Waals surface area contributed by atoms with Crippen LogP contribution in [0, 0.1) is 0 Å². The molecule has 0 saturated carbocycles. The summed E-state index contributed by atoms with van der Waals surface area (Å²) in [6.07, 6.45) is 3.18. The van der Waals surface area contributed by atoms with Crippen molar-refractivity contribution < 1.29 is 19.1 Å². The molecule has 1 unspecified atom stereocenters. The lowest BCUT2D eigenvalue weighted by Crippen LogP contribution is -2.56. The number of nitrogens with zero attached hydrogens (tertiary/aromatic N) is 4. The minimum atomic E-state index is -1.20. The summed E-state index contributed by atoms with van der Waals surface area (Å²) in [4.78, 5) is 48.8. The maximum Gasteiger partial charge on any atom is 0.250 e. The van der Waals surface area contributed by atoms with Gasteiger partial charge in [-0.25, -0.2) is 4.98 Å². The van der Waals surface area contributed by atoms with Crippen LogP contribution < -0.4 is 16.4 Å². The van der Waals surface area contributed by atoms with E-state index in [1.807, 2.05) is 83.8 Å². The monoisotopic (exact) mass is 637 g/mol. The van der Waals surface area contributed by atoms with E-state index >= 15 is 0 Å². The standard InChI is InChI=1S/C36H43N7O4/c1-36(2,37)35(46)39-30(25-47-24-28-14-8-4-9-15-28)33(44)40-31-23-43(26-38-31)32(29-16-10-5-11-17-29)34(45)42-20-18-41(19-21-42)22-27-12-6-3-7-13-27/h3-17,23,26,30,32H,18-22,24-25,37H2,1-2H3,(H,39,46)(H,40,44)/t30-,32?/m1/s1. The van der Waals surface area contributed by atoms with Crippen molar-refractivity contribution in [1.29, 1.82) is 0 Å².